The van der Waals surface area contributed by atoms with Gasteiger partial charge >= 0.3 is 0 Å². The van der Waals surface area contributed by atoms with Gasteiger partial charge in [0.2, 0.25) is 0 Å². The lowest BCUT2D eigenvalue weighted by atomic mass is 9.76. The van der Waals surface area contributed by atoms with Crippen molar-refractivity contribution in [2.75, 3.05) is 32.8 Å². The van der Waals surface area contributed by atoms with Crippen LogP contribution in [-0.4, -0.2) is 42.9 Å². The molecule has 2 heterocycles. The summed E-state index contributed by atoms with van der Waals surface area (Å²) in [5.41, 5.74) is 3.48. The maximum absolute atomic E-state index is 10.2. The molecule has 4 nitrogen and oxygen atoms in total. The van der Waals surface area contributed by atoms with E-state index < -0.39 is 0 Å². The van der Waals surface area contributed by atoms with Crippen molar-refractivity contribution in [1.82, 2.24) is 4.90 Å². The maximum Gasteiger partial charge on any atom is 0.123 e. The number of hydrogen-bond acceptors (Lipinski definition) is 4. The summed E-state index contributed by atoms with van der Waals surface area (Å²) in [5.74, 6) is 2.31. The van der Waals surface area contributed by atoms with Gasteiger partial charge in [-0.2, -0.15) is 0 Å². The third kappa shape index (κ3) is 4.40. The average molecular weight is 416 g/mol. The van der Waals surface area contributed by atoms with E-state index in [1.165, 1.54) is 37.1 Å². The van der Waals surface area contributed by atoms with Gasteiger partial charge in [-0.1, -0.05) is 42.5 Å². The molecular formula is C27H29NO3. The first-order chi connectivity index (χ1) is 15.3. The highest BCUT2D eigenvalue weighted by Crippen LogP contribution is 2.47. The quantitative estimate of drug-likeness (QED) is 0.603. The van der Waals surface area contributed by atoms with Gasteiger partial charge < -0.3 is 14.6 Å². The third-order valence-electron chi connectivity index (χ3n) is 6.49. The van der Waals surface area contributed by atoms with Crippen molar-refractivity contribution in [3.05, 3.63) is 89.5 Å². The number of nitrogens with zero attached hydrogens (tertiary/aromatic N) is 1. The summed E-state index contributed by atoms with van der Waals surface area (Å²) in [4.78, 5) is 2.46. The van der Waals surface area contributed by atoms with E-state index >= 15 is 0 Å². The van der Waals surface area contributed by atoms with E-state index in [1.54, 1.807) is 6.07 Å². The predicted octanol–water partition coefficient (Wildman–Crippen LogP) is 5.17. The van der Waals surface area contributed by atoms with E-state index in [1.807, 2.05) is 18.2 Å². The number of phenolic OH excluding ortho intramolecular Hbond substituents is 1. The largest absolute Gasteiger partial charge is 0.508 e. The van der Waals surface area contributed by atoms with Crippen LogP contribution in [0.15, 0.2) is 72.8 Å². The Kier molecular flexibility index (Phi) is 5.81. The number of aromatic hydroxyl groups is 1. The molecule has 2 aliphatic rings. The normalized spacial score (nSPS) is 20.8. The molecule has 0 saturated carbocycles. The van der Waals surface area contributed by atoms with Gasteiger partial charge in [0.05, 0.1) is 6.61 Å². The molecule has 0 radical (unpaired) electrons. The molecule has 1 saturated heterocycles. The van der Waals surface area contributed by atoms with Crippen LogP contribution in [0.2, 0.25) is 0 Å². The second-order valence-corrected chi connectivity index (χ2v) is 8.49. The number of benzene rings is 3. The minimum absolute atomic E-state index is 0.108. The van der Waals surface area contributed by atoms with E-state index in [0.717, 1.165) is 30.2 Å². The van der Waals surface area contributed by atoms with Crippen LogP contribution >= 0.6 is 0 Å². The van der Waals surface area contributed by atoms with E-state index in [4.69, 9.17) is 9.47 Å². The summed E-state index contributed by atoms with van der Waals surface area (Å²) in [6, 6.07) is 24.4. The molecule has 4 heteroatoms. The Morgan fingerprint density at radius 3 is 2.45 bits per heavy atom. The SMILES string of the molecule is Oc1ccc2c(c1)C(c1ccc(OCCN3CCCC3)cc1)C(c1ccccc1)CO2. The highest BCUT2D eigenvalue weighted by molar-refractivity contribution is 5.51. The van der Waals surface area contributed by atoms with Crippen LogP contribution in [0.5, 0.6) is 17.2 Å². The molecule has 3 aromatic rings. The summed E-state index contributed by atoms with van der Waals surface area (Å²) < 4.78 is 12.1. The summed E-state index contributed by atoms with van der Waals surface area (Å²) in [5, 5.41) is 10.2. The summed E-state index contributed by atoms with van der Waals surface area (Å²) in [6.07, 6.45) is 2.61. The minimum Gasteiger partial charge on any atom is -0.508 e. The number of rotatable bonds is 6. The van der Waals surface area contributed by atoms with Gasteiger partial charge in [0.15, 0.2) is 0 Å². The van der Waals surface area contributed by atoms with Gasteiger partial charge in [-0.05, 0) is 67.4 Å². The molecule has 160 valence electrons. The van der Waals surface area contributed by atoms with Crippen molar-refractivity contribution in [3.63, 3.8) is 0 Å². The summed E-state index contributed by atoms with van der Waals surface area (Å²) in [6.45, 7) is 4.71. The molecule has 0 spiro atoms. The zero-order chi connectivity index (χ0) is 21.0. The van der Waals surface area contributed by atoms with Crippen LogP contribution < -0.4 is 9.47 Å². The highest BCUT2D eigenvalue weighted by Gasteiger charge is 2.33. The fourth-order valence-electron chi connectivity index (χ4n) is 4.87. The lowest BCUT2D eigenvalue weighted by molar-refractivity contribution is 0.237. The molecule has 31 heavy (non-hydrogen) atoms. The Morgan fingerprint density at radius 1 is 0.903 bits per heavy atom. The summed E-state index contributed by atoms with van der Waals surface area (Å²) >= 11 is 0. The monoisotopic (exact) mass is 415 g/mol. The van der Waals surface area contributed by atoms with Crippen LogP contribution in [0, 0.1) is 0 Å². The molecule has 1 fully saturated rings. The Hall–Kier alpha value is -2.98. The number of likely N-dealkylation sites (tertiary alicyclic amines) is 1. The van der Waals surface area contributed by atoms with E-state index in [-0.39, 0.29) is 17.6 Å². The van der Waals surface area contributed by atoms with E-state index in [2.05, 4.69) is 53.4 Å². The van der Waals surface area contributed by atoms with Gasteiger partial charge in [-0.15, -0.1) is 0 Å². The smallest absolute Gasteiger partial charge is 0.123 e. The van der Waals surface area contributed by atoms with Crippen LogP contribution in [0.1, 0.15) is 41.4 Å². The van der Waals surface area contributed by atoms with Gasteiger partial charge in [0.1, 0.15) is 23.9 Å². The van der Waals surface area contributed by atoms with Crippen LogP contribution in [-0.2, 0) is 0 Å². The van der Waals surface area contributed by atoms with Crippen molar-refractivity contribution in [2.24, 2.45) is 0 Å². The molecule has 1 N–H and O–H groups in total. The van der Waals surface area contributed by atoms with Crippen molar-refractivity contribution < 1.29 is 14.6 Å². The predicted molar refractivity (Wildman–Crippen MR) is 122 cm³/mol. The minimum atomic E-state index is 0.108. The molecule has 0 aliphatic carbocycles. The molecular weight excluding hydrogens is 386 g/mol. The Labute approximate surface area is 184 Å². The fraction of sp³-hybridized carbons (Fsp3) is 0.333. The molecule has 2 unspecified atom stereocenters. The Bertz CT molecular complexity index is 997. The average Bonchev–Trinajstić information content (AvgIpc) is 3.33. The second-order valence-electron chi connectivity index (χ2n) is 8.49. The van der Waals surface area contributed by atoms with Crippen molar-refractivity contribution in [1.29, 1.82) is 0 Å². The molecule has 5 rings (SSSR count). The number of phenols is 1. The van der Waals surface area contributed by atoms with Crippen LogP contribution in [0.25, 0.3) is 0 Å². The molecule has 3 aromatic carbocycles. The lowest BCUT2D eigenvalue weighted by Gasteiger charge is -2.34. The van der Waals surface area contributed by atoms with Gasteiger partial charge in [-0.25, -0.2) is 0 Å². The Balaban J connectivity index is 1.39. The second kappa shape index (κ2) is 9.03. The molecule has 2 aliphatic heterocycles. The molecule has 2 atom stereocenters. The number of ether oxygens (including phenoxy) is 2. The van der Waals surface area contributed by atoms with Gasteiger partial charge in [-0.3, -0.25) is 4.90 Å². The molecule has 0 amide bonds. The van der Waals surface area contributed by atoms with Crippen LogP contribution in [0.4, 0.5) is 0 Å². The fourth-order valence-corrected chi connectivity index (χ4v) is 4.87. The summed E-state index contributed by atoms with van der Waals surface area (Å²) in [7, 11) is 0. The number of fused-ring (bicyclic) bond motifs is 1. The van der Waals surface area contributed by atoms with Crippen molar-refractivity contribution in [2.45, 2.75) is 24.7 Å². The maximum atomic E-state index is 10.2. The van der Waals surface area contributed by atoms with Gasteiger partial charge in [0, 0.05) is 23.9 Å². The number of hydrogen-bond donors (Lipinski definition) is 1. The molecule has 0 bridgehead atoms. The van der Waals surface area contributed by atoms with E-state index in [9.17, 15) is 5.11 Å². The van der Waals surface area contributed by atoms with Crippen molar-refractivity contribution >= 4 is 0 Å². The van der Waals surface area contributed by atoms with Gasteiger partial charge in [0.25, 0.3) is 0 Å². The third-order valence-corrected chi connectivity index (χ3v) is 6.49. The van der Waals surface area contributed by atoms with Crippen LogP contribution in [0.3, 0.4) is 0 Å². The first-order valence-corrected chi connectivity index (χ1v) is 11.2. The lowest BCUT2D eigenvalue weighted by Crippen LogP contribution is -2.25. The molecule has 0 aromatic heterocycles. The zero-order valence-electron chi connectivity index (χ0n) is 17.7. The highest BCUT2D eigenvalue weighted by atomic mass is 16.5. The van der Waals surface area contributed by atoms with E-state index in [0.29, 0.717) is 6.61 Å². The first kappa shape index (κ1) is 20.0. The topological polar surface area (TPSA) is 41.9 Å². The Morgan fingerprint density at radius 2 is 1.68 bits per heavy atom. The zero-order valence-corrected chi connectivity index (χ0v) is 17.7. The standard InChI is InChI=1S/C27H29NO3/c29-22-10-13-26-24(18-22)27(25(19-31-26)20-6-2-1-3-7-20)21-8-11-23(12-9-21)30-17-16-28-14-4-5-15-28/h1-3,6-13,18,25,27,29H,4-5,14-17,19H2. The van der Waals surface area contributed by atoms with Crippen molar-refractivity contribution in [3.8, 4) is 17.2 Å². The first-order valence-electron chi connectivity index (χ1n) is 11.2.